The third-order valence-electron chi connectivity index (χ3n) is 9.93. The van der Waals surface area contributed by atoms with Crippen molar-refractivity contribution in [3.8, 4) is 0 Å². The summed E-state index contributed by atoms with van der Waals surface area (Å²) in [5.41, 5.74) is 2.67. The fraction of sp³-hybridized carbons (Fsp3) is 0.917. The minimum Gasteiger partial charge on any atom is -0.393 e. The number of rotatable bonds is 1. The van der Waals surface area contributed by atoms with Crippen LogP contribution in [-0.4, -0.2) is 14.6 Å². The van der Waals surface area contributed by atoms with Gasteiger partial charge >= 0.3 is 0 Å². The molecule has 4 aliphatic rings. The molecule has 2 heteroatoms. The van der Waals surface area contributed by atoms with Crippen LogP contribution >= 0.6 is 22.6 Å². The lowest BCUT2D eigenvalue weighted by molar-refractivity contribution is -0.106. The first kappa shape index (κ1) is 19.7. The average molecular weight is 470 g/mol. The van der Waals surface area contributed by atoms with E-state index in [-0.39, 0.29) is 11.5 Å². The van der Waals surface area contributed by atoms with E-state index in [4.69, 9.17) is 0 Å². The molecule has 3 saturated carbocycles. The summed E-state index contributed by atoms with van der Waals surface area (Å²) < 4.78 is 0.453. The van der Waals surface area contributed by atoms with Gasteiger partial charge < -0.3 is 5.11 Å². The largest absolute Gasteiger partial charge is 0.393 e. The highest BCUT2D eigenvalue weighted by atomic mass is 127. The van der Waals surface area contributed by atoms with Gasteiger partial charge in [0, 0.05) is 3.42 Å². The Morgan fingerprint density at radius 3 is 2.46 bits per heavy atom. The molecule has 148 valence electrons. The van der Waals surface area contributed by atoms with E-state index in [1.807, 2.05) is 0 Å². The molecule has 8 atom stereocenters. The quantitative estimate of drug-likeness (QED) is 0.255. The van der Waals surface area contributed by atoms with E-state index >= 15 is 0 Å². The van der Waals surface area contributed by atoms with Crippen LogP contribution in [0.5, 0.6) is 0 Å². The van der Waals surface area contributed by atoms with Crippen LogP contribution < -0.4 is 0 Å². The van der Waals surface area contributed by atoms with Crippen molar-refractivity contribution in [3.05, 3.63) is 11.6 Å². The average Bonchev–Trinajstić information content (AvgIpc) is 2.76. The van der Waals surface area contributed by atoms with Crippen molar-refractivity contribution >= 4 is 22.6 Å². The highest BCUT2D eigenvalue weighted by Gasteiger charge is 2.63. The zero-order chi connectivity index (χ0) is 19.1. The SMILES string of the molecule is CCC1[C@@]2(C)CC=C3C(CCC4C(C)(C)[C@@H](O)CC[C@]34C)C2C[C@]1(C)I. The molecule has 0 aromatic rings. The minimum absolute atomic E-state index is 0.0545. The molecule has 0 aromatic carbocycles. The Labute approximate surface area is 174 Å². The molecule has 4 aliphatic carbocycles. The number of hydrogen-bond acceptors (Lipinski definition) is 1. The molecular weight excluding hydrogens is 431 g/mol. The number of hydrogen-bond donors (Lipinski definition) is 1. The summed E-state index contributed by atoms with van der Waals surface area (Å²) in [5, 5.41) is 10.7. The van der Waals surface area contributed by atoms with Gasteiger partial charge in [-0.05, 0) is 78.4 Å². The van der Waals surface area contributed by atoms with Gasteiger partial charge in [-0.2, -0.15) is 0 Å². The Hall–Kier alpha value is 0.430. The van der Waals surface area contributed by atoms with E-state index in [0.29, 0.717) is 20.2 Å². The van der Waals surface area contributed by atoms with E-state index in [2.05, 4.69) is 70.2 Å². The lowest BCUT2D eigenvalue weighted by Crippen LogP contribution is -2.55. The Bertz CT molecular complexity index is 620. The molecule has 3 fully saturated rings. The molecule has 0 spiro atoms. The Balaban J connectivity index is 1.74. The van der Waals surface area contributed by atoms with Gasteiger partial charge in [0.2, 0.25) is 0 Å². The highest BCUT2D eigenvalue weighted by Crippen LogP contribution is 2.70. The first-order valence-corrected chi connectivity index (χ1v) is 12.1. The first-order valence-electron chi connectivity index (χ1n) is 11.1. The smallest absolute Gasteiger partial charge is 0.0594 e. The third-order valence-corrected chi connectivity index (χ3v) is 11.1. The van der Waals surface area contributed by atoms with E-state index in [1.165, 1.54) is 38.5 Å². The van der Waals surface area contributed by atoms with Crippen molar-refractivity contribution in [3.63, 3.8) is 0 Å². The number of alkyl halides is 1. The maximum absolute atomic E-state index is 10.7. The van der Waals surface area contributed by atoms with Crippen molar-refractivity contribution in [2.75, 3.05) is 0 Å². The van der Waals surface area contributed by atoms with Gasteiger partial charge in [0.15, 0.2) is 0 Å². The summed E-state index contributed by atoms with van der Waals surface area (Å²) in [6, 6.07) is 0. The fourth-order valence-corrected chi connectivity index (χ4v) is 10.3. The summed E-state index contributed by atoms with van der Waals surface area (Å²) in [4.78, 5) is 0. The summed E-state index contributed by atoms with van der Waals surface area (Å²) in [5.74, 6) is 3.14. The molecule has 4 unspecified atom stereocenters. The predicted molar refractivity (Wildman–Crippen MR) is 118 cm³/mol. The number of aliphatic hydroxyl groups is 1. The molecule has 26 heavy (non-hydrogen) atoms. The Morgan fingerprint density at radius 1 is 1.12 bits per heavy atom. The standard InChI is InChI=1S/C24H39IO/c1-7-18-23(5)12-10-16-15(17(23)14-24(18,6)25)8-9-19-21(2,3)20(26)11-13-22(16,19)4/h10,15,17-20,26H,7-9,11-14H2,1-6H3/t15?,17?,18?,19?,20-,22+,23-,24-/m0/s1. The second-order valence-electron chi connectivity index (χ2n) is 11.4. The van der Waals surface area contributed by atoms with Crippen LogP contribution in [0.4, 0.5) is 0 Å². The van der Waals surface area contributed by atoms with Gasteiger partial charge in [-0.25, -0.2) is 0 Å². The summed E-state index contributed by atoms with van der Waals surface area (Å²) in [6.45, 7) is 14.8. The van der Waals surface area contributed by atoms with Gasteiger partial charge in [0.05, 0.1) is 6.10 Å². The zero-order valence-corrected chi connectivity index (χ0v) is 19.9. The number of halogens is 1. The predicted octanol–water partition coefficient (Wildman–Crippen LogP) is 6.78. The molecule has 1 N–H and O–H groups in total. The van der Waals surface area contributed by atoms with Gasteiger partial charge in [-0.15, -0.1) is 0 Å². The number of aliphatic hydroxyl groups excluding tert-OH is 1. The Kier molecular flexibility index (Phi) is 4.53. The van der Waals surface area contributed by atoms with Crippen molar-refractivity contribution in [2.24, 2.45) is 39.9 Å². The van der Waals surface area contributed by atoms with Crippen LogP contribution in [0, 0.1) is 39.9 Å². The van der Waals surface area contributed by atoms with Gasteiger partial charge in [-0.1, -0.05) is 82.2 Å². The van der Waals surface area contributed by atoms with Crippen molar-refractivity contribution < 1.29 is 5.11 Å². The summed E-state index contributed by atoms with van der Waals surface area (Å²) in [6.07, 6.45) is 11.4. The lowest BCUT2D eigenvalue weighted by atomic mass is 9.44. The van der Waals surface area contributed by atoms with Crippen LogP contribution in [-0.2, 0) is 0 Å². The lowest BCUT2D eigenvalue weighted by Gasteiger charge is -2.61. The van der Waals surface area contributed by atoms with Gasteiger partial charge in [0.25, 0.3) is 0 Å². The van der Waals surface area contributed by atoms with Crippen LogP contribution in [0.25, 0.3) is 0 Å². The van der Waals surface area contributed by atoms with E-state index < -0.39 is 0 Å². The molecule has 0 radical (unpaired) electrons. The monoisotopic (exact) mass is 470 g/mol. The first-order chi connectivity index (χ1) is 12.0. The van der Waals surface area contributed by atoms with Gasteiger partial charge in [-0.3, -0.25) is 0 Å². The van der Waals surface area contributed by atoms with Crippen LogP contribution in [0.1, 0.15) is 86.5 Å². The van der Waals surface area contributed by atoms with E-state index in [1.54, 1.807) is 5.57 Å². The number of allylic oxidation sites excluding steroid dienone is 2. The fourth-order valence-electron chi connectivity index (χ4n) is 8.67. The second kappa shape index (κ2) is 5.97. The van der Waals surface area contributed by atoms with Crippen LogP contribution in [0.15, 0.2) is 11.6 Å². The summed E-state index contributed by atoms with van der Waals surface area (Å²) in [7, 11) is 0. The molecule has 0 heterocycles. The van der Waals surface area contributed by atoms with Crippen molar-refractivity contribution in [1.29, 1.82) is 0 Å². The van der Waals surface area contributed by atoms with Crippen molar-refractivity contribution in [1.82, 2.24) is 0 Å². The molecule has 0 bridgehead atoms. The van der Waals surface area contributed by atoms with E-state index in [9.17, 15) is 5.11 Å². The number of fused-ring (bicyclic) bond motifs is 5. The maximum Gasteiger partial charge on any atom is 0.0594 e. The van der Waals surface area contributed by atoms with Crippen LogP contribution in [0.3, 0.4) is 0 Å². The topological polar surface area (TPSA) is 20.2 Å². The minimum atomic E-state index is -0.125. The molecule has 0 amide bonds. The Morgan fingerprint density at radius 2 is 1.81 bits per heavy atom. The maximum atomic E-state index is 10.7. The van der Waals surface area contributed by atoms with E-state index in [0.717, 1.165) is 24.2 Å². The molecule has 1 nitrogen and oxygen atoms in total. The molecule has 4 rings (SSSR count). The van der Waals surface area contributed by atoms with Gasteiger partial charge in [0.1, 0.15) is 0 Å². The van der Waals surface area contributed by atoms with Crippen LogP contribution in [0.2, 0.25) is 0 Å². The normalized spacial score (nSPS) is 55.5. The zero-order valence-electron chi connectivity index (χ0n) is 17.7. The highest BCUT2D eigenvalue weighted by molar-refractivity contribution is 14.1. The molecule has 0 saturated heterocycles. The third kappa shape index (κ3) is 2.42. The molecule has 0 aliphatic heterocycles. The summed E-state index contributed by atoms with van der Waals surface area (Å²) >= 11 is 2.80. The second-order valence-corrected chi connectivity index (χ2v) is 13.9. The van der Waals surface area contributed by atoms with Crippen molar-refractivity contribution in [2.45, 2.75) is 96.0 Å². The molecular formula is C24H39IO. The molecule has 0 aromatic heterocycles.